The average molecular weight is 266 g/mol. The molecule has 0 saturated heterocycles. The van der Waals surface area contributed by atoms with Crippen molar-refractivity contribution < 1.29 is 19.8 Å². The third kappa shape index (κ3) is 4.97. The minimum absolute atomic E-state index is 0.134. The molecule has 1 aromatic carbocycles. The quantitative estimate of drug-likeness (QED) is 0.584. The Balaban J connectivity index is 2.66. The van der Waals surface area contributed by atoms with Gasteiger partial charge in [0.15, 0.2) is 0 Å². The lowest BCUT2D eigenvalue weighted by atomic mass is 10.1. The van der Waals surface area contributed by atoms with Crippen LogP contribution in [0.1, 0.15) is 30.6 Å². The fourth-order valence-corrected chi connectivity index (χ4v) is 1.51. The molecule has 0 heterocycles. The number of carbonyl (C=O) groups excluding carboxylic acids is 1. The molecule has 0 aromatic heterocycles. The Hall–Kier alpha value is -2.08. The van der Waals surface area contributed by atoms with Gasteiger partial charge in [-0.15, -0.1) is 0 Å². The van der Waals surface area contributed by atoms with Crippen LogP contribution in [0.3, 0.4) is 0 Å². The molecule has 0 aliphatic heterocycles. The van der Waals surface area contributed by atoms with Crippen LogP contribution in [0.2, 0.25) is 0 Å². The number of amides is 1. The summed E-state index contributed by atoms with van der Waals surface area (Å²) in [4.78, 5) is 22.6. The van der Waals surface area contributed by atoms with Crippen LogP contribution in [0.25, 0.3) is 0 Å². The standard InChI is InChI=1S/C13H18N2O4/c1-8(2)14-6-5-12(17)15-11-4-3-9(16)7-10(11)13(18)19/h3-4,7-8,14,16H,5-6H2,1-2H3,(H,15,17)(H,18,19). The van der Waals surface area contributed by atoms with Gasteiger partial charge in [-0.3, -0.25) is 4.79 Å². The zero-order chi connectivity index (χ0) is 14.4. The highest BCUT2D eigenvalue weighted by Crippen LogP contribution is 2.21. The van der Waals surface area contributed by atoms with Crippen molar-refractivity contribution in [1.82, 2.24) is 5.32 Å². The monoisotopic (exact) mass is 266 g/mol. The number of carboxylic acids is 1. The van der Waals surface area contributed by atoms with E-state index >= 15 is 0 Å². The second kappa shape index (κ2) is 6.75. The van der Waals surface area contributed by atoms with E-state index in [1.165, 1.54) is 12.1 Å². The molecular formula is C13H18N2O4. The van der Waals surface area contributed by atoms with Gasteiger partial charge < -0.3 is 20.8 Å². The van der Waals surface area contributed by atoms with Crippen molar-refractivity contribution in [3.8, 4) is 5.75 Å². The maximum Gasteiger partial charge on any atom is 0.337 e. The summed E-state index contributed by atoms with van der Waals surface area (Å²) in [5.41, 5.74) is 0.0463. The third-order valence-corrected chi connectivity index (χ3v) is 2.41. The normalized spacial score (nSPS) is 10.5. The van der Waals surface area contributed by atoms with Crippen LogP contribution in [-0.4, -0.2) is 34.7 Å². The van der Waals surface area contributed by atoms with Gasteiger partial charge in [0.25, 0.3) is 0 Å². The molecule has 0 unspecified atom stereocenters. The van der Waals surface area contributed by atoms with Crippen LogP contribution in [-0.2, 0) is 4.79 Å². The summed E-state index contributed by atoms with van der Waals surface area (Å²) in [6, 6.07) is 4.08. The van der Waals surface area contributed by atoms with Crippen molar-refractivity contribution in [2.45, 2.75) is 26.3 Å². The van der Waals surface area contributed by atoms with Crippen molar-refractivity contribution in [2.75, 3.05) is 11.9 Å². The largest absolute Gasteiger partial charge is 0.508 e. The molecule has 0 aliphatic rings. The summed E-state index contributed by atoms with van der Waals surface area (Å²) in [6.45, 7) is 4.46. The van der Waals surface area contributed by atoms with Gasteiger partial charge in [0.1, 0.15) is 5.75 Å². The number of hydrogen-bond acceptors (Lipinski definition) is 4. The minimum Gasteiger partial charge on any atom is -0.508 e. The molecule has 0 fully saturated rings. The molecular weight excluding hydrogens is 248 g/mol. The number of benzene rings is 1. The van der Waals surface area contributed by atoms with Crippen molar-refractivity contribution >= 4 is 17.6 Å². The number of carbonyl (C=O) groups is 2. The van der Waals surface area contributed by atoms with Crippen molar-refractivity contribution in [3.63, 3.8) is 0 Å². The SMILES string of the molecule is CC(C)NCCC(=O)Nc1ccc(O)cc1C(=O)O. The number of carboxylic acid groups (broad SMARTS) is 1. The van der Waals surface area contributed by atoms with Crippen molar-refractivity contribution in [3.05, 3.63) is 23.8 Å². The molecule has 0 aliphatic carbocycles. The third-order valence-electron chi connectivity index (χ3n) is 2.41. The lowest BCUT2D eigenvalue weighted by molar-refractivity contribution is -0.116. The van der Waals surface area contributed by atoms with Gasteiger partial charge in [-0.1, -0.05) is 13.8 Å². The smallest absolute Gasteiger partial charge is 0.337 e. The Morgan fingerprint density at radius 2 is 2.00 bits per heavy atom. The minimum atomic E-state index is -1.20. The van der Waals surface area contributed by atoms with E-state index in [9.17, 15) is 14.7 Å². The van der Waals surface area contributed by atoms with Crippen LogP contribution in [0, 0.1) is 0 Å². The molecule has 0 spiro atoms. The number of rotatable bonds is 6. The summed E-state index contributed by atoms with van der Waals surface area (Å²) in [6.07, 6.45) is 0.248. The molecule has 1 rings (SSSR count). The number of hydrogen-bond donors (Lipinski definition) is 4. The van der Waals surface area contributed by atoms with Gasteiger partial charge in [0.2, 0.25) is 5.91 Å². The van der Waals surface area contributed by atoms with E-state index in [0.29, 0.717) is 6.54 Å². The van der Waals surface area contributed by atoms with Gasteiger partial charge in [-0.05, 0) is 18.2 Å². The maximum atomic E-state index is 11.6. The number of anilines is 1. The van der Waals surface area contributed by atoms with Gasteiger partial charge in [-0.2, -0.15) is 0 Å². The summed E-state index contributed by atoms with van der Waals surface area (Å²) in [7, 11) is 0. The number of aromatic carboxylic acids is 1. The van der Waals surface area contributed by atoms with Crippen LogP contribution in [0.15, 0.2) is 18.2 Å². The van der Waals surface area contributed by atoms with Crippen LogP contribution >= 0.6 is 0 Å². The Morgan fingerprint density at radius 1 is 1.32 bits per heavy atom. The first-order valence-electron chi connectivity index (χ1n) is 5.99. The lowest BCUT2D eigenvalue weighted by Gasteiger charge is -2.10. The fourth-order valence-electron chi connectivity index (χ4n) is 1.51. The average Bonchev–Trinajstić information content (AvgIpc) is 2.30. The van der Waals surface area contributed by atoms with E-state index in [1.807, 2.05) is 13.8 Å². The Labute approximate surface area is 111 Å². The number of nitrogens with one attached hydrogen (secondary N) is 2. The Bertz CT molecular complexity index is 472. The van der Waals surface area contributed by atoms with Crippen molar-refractivity contribution in [2.24, 2.45) is 0 Å². The van der Waals surface area contributed by atoms with Gasteiger partial charge in [0, 0.05) is 19.0 Å². The second-order valence-corrected chi connectivity index (χ2v) is 4.44. The van der Waals surface area contributed by atoms with Crippen LogP contribution in [0.5, 0.6) is 5.75 Å². The lowest BCUT2D eigenvalue weighted by Crippen LogP contribution is -2.27. The first kappa shape index (κ1) is 15.0. The van der Waals surface area contributed by atoms with Crippen LogP contribution in [0.4, 0.5) is 5.69 Å². The van der Waals surface area contributed by atoms with E-state index in [2.05, 4.69) is 10.6 Å². The summed E-state index contributed by atoms with van der Waals surface area (Å²) >= 11 is 0. The first-order chi connectivity index (χ1) is 8.90. The highest BCUT2D eigenvalue weighted by molar-refractivity contribution is 6.00. The number of phenolic OH excluding ortho intramolecular Hbond substituents is 1. The molecule has 0 atom stereocenters. The molecule has 0 bridgehead atoms. The Kier molecular flexibility index (Phi) is 5.32. The molecule has 104 valence electrons. The van der Waals surface area contributed by atoms with E-state index in [0.717, 1.165) is 6.07 Å². The Morgan fingerprint density at radius 3 is 2.58 bits per heavy atom. The summed E-state index contributed by atoms with van der Waals surface area (Å²) in [5.74, 6) is -1.63. The first-order valence-corrected chi connectivity index (χ1v) is 5.99. The molecule has 6 heteroatoms. The maximum absolute atomic E-state index is 11.6. The van der Waals surface area contributed by atoms with Crippen molar-refractivity contribution in [1.29, 1.82) is 0 Å². The van der Waals surface area contributed by atoms with E-state index in [4.69, 9.17) is 5.11 Å². The second-order valence-electron chi connectivity index (χ2n) is 4.44. The molecule has 0 radical (unpaired) electrons. The van der Waals surface area contributed by atoms with Gasteiger partial charge >= 0.3 is 5.97 Å². The van der Waals surface area contributed by atoms with Crippen LogP contribution < -0.4 is 10.6 Å². The number of aromatic hydroxyl groups is 1. The fraction of sp³-hybridized carbons (Fsp3) is 0.385. The molecule has 6 nitrogen and oxygen atoms in total. The molecule has 0 saturated carbocycles. The topological polar surface area (TPSA) is 98.7 Å². The highest BCUT2D eigenvalue weighted by atomic mass is 16.4. The van der Waals surface area contributed by atoms with Gasteiger partial charge in [-0.25, -0.2) is 4.79 Å². The molecule has 4 N–H and O–H groups in total. The highest BCUT2D eigenvalue weighted by Gasteiger charge is 2.13. The van der Waals surface area contributed by atoms with E-state index < -0.39 is 5.97 Å². The summed E-state index contributed by atoms with van der Waals surface area (Å²) < 4.78 is 0. The summed E-state index contributed by atoms with van der Waals surface area (Å²) in [5, 5.41) is 23.8. The van der Waals surface area contributed by atoms with E-state index in [-0.39, 0.29) is 35.4 Å². The molecule has 19 heavy (non-hydrogen) atoms. The predicted octanol–water partition coefficient (Wildman–Crippen LogP) is 1.42. The van der Waals surface area contributed by atoms with E-state index in [1.54, 1.807) is 0 Å². The zero-order valence-corrected chi connectivity index (χ0v) is 10.9. The molecule has 1 amide bonds. The zero-order valence-electron chi connectivity index (χ0n) is 10.9. The number of phenols is 1. The predicted molar refractivity (Wildman–Crippen MR) is 71.5 cm³/mol. The molecule has 1 aromatic rings. The van der Waals surface area contributed by atoms with Gasteiger partial charge in [0.05, 0.1) is 11.3 Å².